The van der Waals surface area contributed by atoms with Crippen molar-refractivity contribution >= 4 is 0 Å². The number of aliphatic hydroxyl groups is 1. The molecule has 5 nitrogen and oxygen atoms in total. The maximum Gasteiger partial charge on any atom is 0.416 e. The Morgan fingerprint density at radius 2 is 2.15 bits per heavy atom. The third-order valence-electron chi connectivity index (χ3n) is 3.11. The number of alkyl halides is 3. The van der Waals surface area contributed by atoms with Gasteiger partial charge in [-0.25, -0.2) is 4.39 Å². The van der Waals surface area contributed by atoms with Crippen molar-refractivity contribution in [1.82, 2.24) is 4.91 Å². The Morgan fingerprint density at radius 1 is 1.45 bits per heavy atom. The van der Waals surface area contributed by atoms with Crippen molar-refractivity contribution in [2.75, 3.05) is 13.2 Å². The Morgan fingerprint density at radius 3 is 2.70 bits per heavy atom. The number of hydrogen-bond donors (Lipinski definition) is 2. The summed E-state index contributed by atoms with van der Waals surface area (Å²) < 4.78 is 56.2. The number of rotatable bonds is 2. The third-order valence-corrected chi connectivity index (χ3v) is 3.11. The van der Waals surface area contributed by atoms with E-state index < -0.39 is 29.2 Å². The fraction of sp³-hybridized carbons (Fsp3) is 0.455. The Balaban J connectivity index is 2.45. The summed E-state index contributed by atoms with van der Waals surface area (Å²) in [6.07, 6.45) is -4.67. The zero-order valence-corrected chi connectivity index (χ0v) is 9.99. The van der Waals surface area contributed by atoms with Crippen LogP contribution in [0.2, 0.25) is 0 Å². The fourth-order valence-corrected chi connectivity index (χ4v) is 2.06. The van der Waals surface area contributed by atoms with Crippen LogP contribution < -0.4 is 4.91 Å². The Hall–Kier alpha value is -1.83. The second-order valence-electron chi connectivity index (χ2n) is 4.36. The normalized spacial score (nSPS) is 26.4. The van der Waals surface area contributed by atoms with Gasteiger partial charge in [-0.1, -0.05) is 6.07 Å². The average molecular weight is 292 g/mol. The molecular weight excluding hydrogens is 282 g/mol. The molecule has 1 aliphatic heterocycles. The number of nitrogens with zero attached hydrogens (tertiary/aromatic N) is 2. The third kappa shape index (κ3) is 2.43. The van der Waals surface area contributed by atoms with E-state index in [1.54, 1.807) is 0 Å². The van der Waals surface area contributed by atoms with E-state index in [2.05, 4.69) is 10.0 Å². The minimum Gasteiger partial charge on any atom is -0.380 e. The lowest BCUT2D eigenvalue weighted by molar-refractivity contribution is -0.137. The second kappa shape index (κ2) is 4.93. The number of hydrogen-bond acceptors (Lipinski definition) is 4. The van der Waals surface area contributed by atoms with Gasteiger partial charge in [0.1, 0.15) is 22.1 Å². The van der Waals surface area contributed by atoms with Crippen molar-refractivity contribution in [3.05, 3.63) is 35.1 Å². The topological polar surface area (TPSA) is 79.8 Å². The van der Waals surface area contributed by atoms with Crippen molar-refractivity contribution in [2.45, 2.75) is 17.8 Å². The van der Waals surface area contributed by atoms with Crippen LogP contribution in [0.1, 0.15) is 11.1 Å². The standard InChI is InChI=1S/C11H10F4N3O2/c12-8-3-6(11(13,14)15)1-2-7(8)10(19)5-20-4-9(10)17-18-16/h1-3,9,16,19H,4-5H2/q+1. The van der Waals surface area contributed by atoms with Crippen LogP contribution >= 0.6 is 0 Å². The molecule has 0 saturated carbocycles. The van der Waals surface area contributed by atoms with Gasteiger partial charge in [0.25, 0.3) is 0 Å². The predicted octanol–water partition coefficient (Wildman–Crippen LogP) is 1.98. The molecule has 0 bridgehead atoms. The average Bonchev–Trinajstić information content (AvgIpc) is 2.71. The van der Waals surface area contributed by atoms with Crippen LogP contribution in [0.15, 0.2) is 23.3 Å². The molecule has 1 aromatic rings. The predicted molar refractivity (Wildman–Crippen MR) is 57.2 cm³/mol. The smallest absolute Gasteiger partial charge is 0.380 e. The first-order chi connectivity index (χ1) is 9.29. The number of ether oxygens (including phenoxy) is 1. The molecule has 0 amide bonds. The zero-order chi connectivity index (χ0) is 15.0. The molecule has 0 spiro atoms. The van der Waals surface area contributed by atoms with Gasteiger partial charge in [-0.3, -0.25) is 0 Å². The van der Waals surface area contributed by atoms with Gasteiger partial charge in [0.2, 0.25) is 4.91 Å². The first kappa shape index (κ1) is 14.6. The number of benzene rings is 1. The summed E-state index contributed by atoms with van der Waals surface area (Å²) in [7, 11) is 0. The van der Waals surface area contributed by atoms with Crippen LogP contribution in [0.25, 0.3) is 0 Å². The highest BCUT2D eigenvalue weighted by atomic mass is 19.4. The molecule has 0 aromatic heterocycles. The van der Waals surface area contributed by atoms with E-state index in [1.807, 2.05) is 0 Å². The summed E-state index contributed by atoms with van der Waals surface area (Å²) in [5.41, 5.74) is 3.18. The van der Waals surface area contributed by atoms with Crippen molar-refractivity contribution < 1.29 is 27.4 Å². The fourth-order valence-electron chi connectivity index (χ4n) is 2.06. The largest absolute Gasteiger partial charge is 0.416 e. The van der Waals surface area contributed by atoms with E-state index in [0.717, 1.165) is 6.07 Å². The summed E-state index contributed by atoms with van der Waals surface area (Å²) in [5, 5.41) is 13.7. The number of halogens is 4. The van der Waals surface area contributed by atoms with Gasteiger partial charge in [0.05, 0.1) is 18.8 Å². The van der Waals surface area contributed by atoms with Crippen molar-refractivity contribution in [1.29, 1.82) is 5.53 Å². The van der Waals surface area contributed by atoms with Crippen LogP contribution in [0, 0.1) is 11.3 Å². The molecule has 9 heteroatoms. The lowest BCUT2D eigenvalue weighted by atomic mass is 9.88. The Kier molecular flexibility index (Phi) is 3.59. The van der Waals surface area contributed by atoms with Crippen molar-refractivity contribution in [2.24, 2.45) is 5.11 Å². The van der Waals surface area contributed by atoms with Gasteiger partial charge in [-0.05, 0) is 12.1 Å². The molecule has 1 fully saturated rings. The molecule has 1 saturated heterocycles. The van der Waals surface area contributed by atoms with Crippen LogP contribution in [-0.2, 0) is 16.5 Å². The van der Waals surface area contributed by atoms with E-state index in [9.17, 15) is 22.7 Å². The summed E-state index contributed by atoms with van der Waals surface area (Å²) in [5.74, 6) is -1.21. The molecule has 2 unspecified atom stereocenters. The molecule has 2 N–H and O–H groups in total. The van der Waals surface area contributed by atoms with Gasteiger partial charge in [0.15, 0.2) is 6.04 Å². The van der Waals surface area contributed by atoms with Crippen LogP contribution in [0.4, 0.5) is 17.6 Å². The zero-order valence-electron chi connectivity index (χ0n) is 9.99. The summed E-state index contributed by atoms with van der Waals surface area (Å²) in [6.45, 7) is -0.432. The quantitative estimate of drug-likeness (QED) is 0.496. The minimum absolute atomic E-state index is 0.0979. The van der Waals surface area contributed by atoms with Crippen molar-refractivity contribution in [3.63, 3.8) is 0 Å². The lowest BCUT2D eigenvalue weighted by Crippen LogP contribution is -2.38. The highest BCUT2D eigenvalue weighted by Gasteiger charge is 2.49. The SMILES string of the molecule is N=[N+]=NC1COCC1(O)c1ccc(C(F)(F)F)cc1F. The highest BCUT2D eigenvalue weighted by Crippen LogP contribution is 2.37. The lowest BCUT2D eigenvalue weighted by Gasteiger charge is -2.23. The highest BCUT2D eigenvalue weighted by molar-refractivity contribution is 5.32. The molecule has 108 valence electrons. The van der Waals surface area contributed by atoms with Crippen LogP contribution in [0.3, 0.4) is 0 Å². The minimum atomic E-state index is -4.67. The second-order valence-corrected chi connectivity index (χ2v) is 4.36. The monoisotopic (exact) mass is 292 g/mol. The molecule has 20 heavy (non-hydrogen) atoms. The Labute approximate surface area is 110 Å². The summed E-state index contributed by atoms with van der Waals surface area (Å²) in [6, 6.07) is 0.787. The number of nitrogens with one attached hydrogen (secondary N) is 1. The van der Waals surface area contributed by atoms with E-state index in [4.69, 9.17) is 10.3 Å². The Bertz CT molecular complexity index is 571. The molecule has 2 rings (SSSR count). The summed E-state index contributed by atoms with van der Waals surface area (Å²) >= 11 is 0. The first-order valence-corrected chi connectivity index (χ1v) is 5.53. The van der Waals surface area contributed by atoms with E-state index in [0.29, 0.717) is 12.1 Å². The molecule has 1 aromatic carbocycles. The van der Waals surface area contributed by atoms with Gasteiger partial charge >= 0.3 is 6.18 Å². The van der Waals surface area contributed by atoms with Gasteiger partial charge in [-0.15, -0.1) is 0 Å². The van der Waals surface area contributed by atoms with E-state index in [-0.39, 0.29) is 18.8 Å². The maximum atomic E-state index is 13.9. The molecular formula is C11H10F4N3O2+. The maximum absolute atomic E-state index is 13.9. The molecule has 1 heterocycles. The molecule has 0 aliphatic carbocycles. The van der Waals surface area contributed by atoms with Crippen LogP contribution in [0.5, 0.6) is 0 Å². The van der Waals surface area contributed by atoms with Gasteiger partial charge in [-0.2, -0.15) is 13.2 Å². The van der Waals surface area contributed by atoms with Gasteiger partial charge < -0.3 is 9.84 Å². The first-order valence-electron chi connectivity index (χ1n) is 5.53. The molecule has 0 radical (unpaired) electrons. The van der Waals surface area contributed by atoms with E-state index in [1.165, 1.54) is 0 Å². The summed E-state index contributed by atoms with van der Waals surface area (Å²) in [4.78, 5) is 2.76. The molecule has 2 atom stereocenters. The van der Waals surface area contributed by atoms with Crippen molar-refractivity contribution in [3.8, 4) is 0 Å². The van der Waals surface area contributed by atoms with Gasteiger partial charge in [0, 0.05) is 5.56 Å². The molecule has 1 aliphatic rings. The van der Waals surface area contributed by atoms with E-state index >= 15 is 0 Å². The van der Waals surface area contributed by atoms with Crippen LogP contribution in [-0.4, -0.2) is 24.4 Å².